The number of benzene rings is 1. The number of aliphatic imine (C=N–C) groups is 1. The molecule has 3 rings (SSSR count). The highest BCUT2D eigenvalue weighted by atomic mass is 16.5. The second-order valence-electron chi connectivity index (χ2n) is 6.94. The average molecular weight is 383 g/mol. The average Bonchev–Trinajstić information content (AvgIpc) is 3.21. The number of hydrogen-bond donors (Lipinski definition) is 1. The zero-order chi connectivity index (χ0) is 19.6. The summed E-state index contributed by atoms with van der Waals surface area (Å²) in [5.41, 5.74) is 2.21. The van der Waals surface area contributed by atoms with Gasteiger partial charge in [-0.2, -0.15) is 0 Å². The van der Waals surface area contributed by atoms with Crippen LogP contribution in [0.3, 0.4) is 0 Å². The van der Waals surface area contributed by atoms with E-state index < -0.39 is 0 Å². The molecule has 1 aromatic heterocycles. The van der Waals surface area contributed by atoms with Gasteiger partial charge in [0, 0.05) is 37.3 Å². The van der Waals surface area contributed by atoms with Gasteiger partial charge in [-0.3, -0.25) is 0 Å². The number of rotatable bonds is 8. The Hall–Kier alpha value is -2.60. The number of guanidine groups is 1. The number of ether oxygens (including phenoxy) is 2. The maximum atomic E-state index is 5.94. The summed E-state index contributed by atoms with van der Waals surface area (Å²) in [6.07, 6.45) is 2.85. The van der Waals surface area contributed by atoms with E-state index in [-0.39, 0.29) is 0 Å². The fourth-order valence-corrected chi connectivity index (χ4v) is 3.39. The van der Waals surface area contributed by atoms with Gasteiger partial charge in [0.2, 0.25) is 5.88 Å². The predicted octanol–water partition coefficient (Wildman–Crippen LogP) is 3.09. The van der Waals surface area contributed by atoms with Crippen LogP contribution in [0.1, 0.15) is 24.5 Å². The molecular weight excluding hydrogens is 352 g/mol. The standard InChI is InChI=1S/C22H30N4O2/c1-3-23-22(25-14-20-10-7-12-24-21(20)27-2)26-13-11-19(15-26)17-28-16-18-8-5-4-6-9-18/h4-10,12,19H,3,11,13-17H2,1-2H3,(H,23,25). The van der Waals surface area contributed by atoms with Crippen LogP contribution in [0.5, 0.6) is 5.88 Å². The first-order valence-electron chi connectivity index (χ1n) is 9.93. The lowest BCUT2D eigenvalue weighted by atomic mass is 10.1. The summed E-state index contributed by atoms with van der Waals surface area (Å²) in [5, 5.41) is 3.41. The molecule has 0 spiro atoms. The molecule has 1 aromatic carbocycles. The van der Waals surface area contributed by atoms with Crippen molar-refractivity contribution in [3.63, 3.8) is 0 Å². The van der Waals surface area contributed by atoms with Crippen molar-refractivity contribution in [2.75, 3.05) is 33.4 Å². The van der Waals surface area contributed by atoms with Gasteiger partial charge in [-0.05, 0) is 25.0 Å². The molecule has 1 fully saturated rings. The maximum absolute atomic E-state index is 5.94. The van der Waals surface area contributed by atoms with Gasteiger partial charge in [0.05, 0.1) is 26.9 Å². The van der Waals surface area contributed by atoms with Crippen LogP contribution >= 0.6 is 0 Å². The monoisotopic (exact) mass is 382 g/mol. The molecule has 0 bridgehead atoms. The maximum Gasteiger partial charge on any atom is 0.218 e. The van der Waals surface area contributed by atoms with Gasteiger partial charge in [-0.1, -0.05) is 36.4 Å². The first-order valence-corrected chi connectivity index (χ1v) is 9.93. The van der Waals surface area contributed by atoms with Crippen molar-refractivity contribution in [3.8, 4) is 5.88 Å². The Balaban J connectivity index is 1.53. The van der Waals surface area contributed by atoms with Crippen LogP contribution in [-0.4, -0.2) is 49.2 Å². The molecule has 2 heterocycles. The molecule has 1 saturated heterocycles. The zero-order valence-electron chi connectivity index (χ0n) is 16.8. The summed E-state index contributed by atoms with van der Waals surface area (Å²) in [5.74, 6) is 2.11. The second kappa shape index (κ2) is 10.7. The Morgan fingerprint density at radius 3 is 2.89 bits per heavy atom. The molecule has 2 aromatic rings. The molecule has 28 heavy (non-hydrogen) atoms. The van der Waals surface area contributed by atoms with E-state index in [9.17, 15) is 0 Å². The molecule has 150 valence electrons. The summed E-state index contributed by atoms with van der Waals surface area (Å²) >= 11 is 0. The third-order valence-electron chi connectivity index (χ3n) is 4.83. The van der Waals surface area contributed by atoms with E-state index in [1.54, 1.807) is 13.3 Å². The van der Waals surface area contributed by atoms with Crippen LogP contribution < -0.4 is 10.1 Å². The lowest BCUT2D eigenvalue weighted by molar-refractivity contribution is 0.0906. The highest BCUT2D eigenvalue weighted by Gasteiger charge is 2.25. The minimum Gasteiger partial charge on any atom is -0.481 e. The lowest BCUT2D eigenvalue weighted by Crippen LogP contribution is -2.40. The number of methoxy groups -OCH3 is 1. The fourth-order valence-electron chi connectivity index (χ4n) is 3.39. The van der Waals surface area contributed by atoms with Gasteiger partial charge in [-0.25, -0.2) is 9.98 Å². The van der Waals surface area contributed by atoms with Gasteiger partial charge < -0.3 is 19.7 Å². The van der Waals surface area contributed by atoms with E-state index in [0.717, 1.165) is 44.2 Å². The predicted molar refractivity (Wildman–Crippen MR) is 111 cm³/mol. The van der Waals surface area contributed by atoms with Crippen molar-refractivity contribution in [2.24, 2.45) is 10.9 Å². The number of nitrogens with one attached hydrogen (secondary N) is 1. The molecule has 1 unspecified atom stereocenters. The molecule has 0 radical (unpaired) electrons. The molecular formula is C22H30N4O2. The number of nitrogens with zero attached hydrogens (tertiary/aromatic N) is 3. The van der Waals surface area contributed by atoms with Gasteiger partial charge in [0.1, 0.15) is 0 Å². The van der Waals surface area contributed by atoms with Gasteiger partial charge in [0.15, 0.2) is 5.96 Å². The summed E-state index contributed by atoms with van der Waals surface area (Å²) in [7, 11) is 1.64. The smallest absolute Gasteiger partial charge is 0.218 e. The minimum atomic E-state index is 0.528. The zero-order valence-corrected chi connectivity index (χ0v) is 16.8. The Labute approximate surface area is 167 Å². The first-order chi connectivity index (χ1) is 13.8. The molecule has 1 N–H and O–H groups in total. The summed E-state index contributed by atoms with van der Waals surface area (Å²) in [6, 6.07) is 14.2. The molecule has 1 aliphatic heterocycles. The Bertz CT molecular complexity index is 751. The van der Waals surface area contributed by atoms with Crippen LogP contribution in [0, 0.1) is 5.92 Å². The second-order valence-corrected chi connectivity index (χ2v) is 6.94. The van der Waals surface area contributed by atoms with E-state index in [1.165, 1.54) is 5.56 Å². The summed E-state index contributed by atoms with van der Waals surface area (Å²) in [6.45, 7) is 6.89. The normalized spacial score (nSPS) is 17.0. The lowest BCUT2D eigenvalue weighted by Gasteiger charge is -2.22. The van der Waals surface area contributed by atoms with Gasteiger partial charge in [0.25, 0.3) is 0 Å². The van der Waals surface area contributed by atoms with Crippen molar-refractivity contribution in [1.29, 1.82) is 0 Å². The molecule has 1 atom stereocenters. The molecule has 1 aliphatic rings. The molecule has 0 amide bonds. The third kappa shape index (κ3) is 5.70. The van der Waals surface area contributed by atoms with Gasteiger partial charge in [-0.15, -0.1) is 0 Å². The number of hydrogen-bond acceptors (Lipinski definition) is 4. The van der Waals surface area contributed by atoms with E-state index in [4.69, 9.17) is 14.5 Å². The highest BCUT2D eigenvalue weighted by molar-refractivity contribution is 5.80. The molecule has 6 nitrogen and oxygen atoms in total. The van der Waals surface area contributed by atoms with E-state index in [2.05, 4.69) is 34.3 Å². The Kier molecular flexibility index (Phi) is 7.67. The number of pyridine rings is 1. The van der Waals surface area contributed by atoms with E-state index in [1.807, 2.05) is 30.3 Å². The van der Waals surface area contributed by atoms with E-state index in [0.29, 0.717) is 24.9 Å². The van der Waals surface area contributed by atoms with Crippen molar-refractivity contribution in [3.05, 3.63) is 59.8 Å². The Morgan fingerprint density at radius 1 is 1.25 bits per heavy atom. The number of likely N-dealkylation sites (tertiary alicyclic amines) is 1. The summed E-state index contributed by atoms with van der Waals surface area (Å²) < 4.78 is 11.3. The topological polar surface area (TPSA) is 59.0 Å². The first kappa shape index (κ1) is 20.1. The van der Waals surface area contributed by atoms with Crippen molar-refractivity contribution >= 4 is 5.96 Å². The van der Waals surface area contributed by atoms with Crippen LogP contribution in [0.15, 0.2) is 53.7 Å². The highest BCUT2D eigenvalue weighted by Crippen LogP contribution is 2.19. The molecule has 6 heteroatoms. The number of aromatic nitrogens is 1. The van der Waals surface area contributed by atoms with Crippen molar-refractivity contribution in [1.82, 2.24) is 15.2 Å². The minimum absolute atomic E-state index is 0.528. The Morgan fingerprint density at radius 2 is 2.11 bits per heavy atom. The van der Waals surface area contributed by atoms with Crippen LogP contribution in [0.25, 0.3) is 0 Å². The van der Waals surface area contributed by atoms with E-state index >= 15 is 0 Å². The molecule has 0 saturated carbocycles. The summed E-state index contributed by atoms with van der Waals surface area (Å²) in [4.78, 5) is 11.4. The van der Waals surface area contributed by atoms with Crippen LogP contribution in [0.2, 0.25) is 0 Å². The van der Waals surface area contributed by atoms with Crippen molar-refractivity contribution < 1.29 is 9.47 Å². The van der Waals surface area contributed by atoms with Crippen molar-refractivity contribution in [2.45, 2.75) is 26.5 Å². The van der Waals surface area contributed by atoms with Crippen LogP contribution in [-0.2, 0) is 17.9 Å². The quantitative estimate of drug-likeness (QED) is 0.562. The third-order valence-corrected chi connectivity index (χ3v) is 4.83. The molecule has 0 aliphatic carbocycles. The fraction of sp³-hybridized carbons (Fsp3) is 0.455. The SMILES string of the molecule is CCNC(=NCc1cccnc1OC)N1CCC(COCc2ccccc2)C1. The largest absolute Gasteiger partial charge is 0.481 e. The van der Waals surface area contributed by atoms with Gasteiger partial charge >= 0.3 is 0 Å². The van der Waals surface area contributed by atoms with Crippen LogP contribution in [0.4, 0.5) is 0 Å².